The molecule has 0 unspecified atom stereocenters. The van der Waals surface area contributed by atoms with Crippen LogP contribution in [0.2, 0.25) is 5.02 Å². The van der Waals surface area contributed by atoms with E-state index in [4.69, 9.17) is 11.6 Å². The van der Waals surface area contributed by atoms with Crippen LogP contribution in [-0.2, 0) is 6.54 Å². The predicted octanol–water partition coefficient (Wildman–Crippen LogP) is 3.51. The van der Waals surface area contributed by atoms with Gasteiger partial charge in [-0.1, -0.05) is 37.1 Å². The third-order valence-electron chi connectivity index (χ3n) is 3.08. The number of nitrogens with zero attached hydrogens (tertiary/aromatic N) is 2. The second-order valence-corrected chi connectivity index (χ2v) is 5.13. The van der Waals surface area contributed by atoms with E-state index in [-0.39, 0.29) is 5.91 Å². The Bertz CT molecular complexity index is 554. The molecule has 0 saturated heterocycles. The van der Waals surface area contributed by atoms with Gasteiger partial charge in [0.1, 0.15) is 0 Å². The Hall–Kier alpha value is -1.81. The van der Waals surface area contributed by atoms with Gasteiger partial charge in [-0.3, -0.25) is 9.89 Å². The quantitative estimate of drug-likeness (QED) is 0.885. The number of halogens is 1. The van der Waals surface area contributed by atoms with Crippen molar-refractivity contribution in [1.82, 2.24) is 15.1 Å². The van der Waals surface area contributed by atoms with Crippen LogP contribution in [0, 0.1) is 0 Å². The number of carbonyl (C=O) groups excluding carboxylic acids is 1. The van der Waals surface area contributed by atoms with Gasteiger partial charge in [-0.05, 0) is 24.1 Å². The lowest BCUT2D eigenvalue weighted by molar-refractivity contribution is 0.0741. The van der Waals surface area contributed by atoms with E-state index in [2.05, 4.69) is 17.1 Å². The maximum absolute atomic E-state index is 12.4. The molecule has 1 amide bonds. The zero-order valence-electron chi connectivity index (χ0n) is 11.5. The molecule has 0 aliphatic rings. The summed E-state index contributed by atoms with van der Waals surface area (Å²) < 4.78 is 0. The maximum Gasteiger partial charge on any atom is 0.257 e. The Kier molecular flexibility index (Phi) is 5.18. The molecule has 0 bridgehead atoms. The number of benzene rings is 1. The molecule has 20 heavy (non-hydrogen) atoms. The Balaban J connectivity index is 2.13. The average molecular weight is 292 g/mol. The minimum Gasteiger partial charge on any atom is -0.334 e. The van der Waals surface area contributed by atoms with Gasteiger partial charge in [0.05, 0.1) is 11.8 Å². The highest BCUT2D eigenvalue weighted by molar-refractivity contribution is 6.30. The lowest BCUT2D eigenvalue weighted by Gasteiger charge is -2.22. The van der Waals surface area contributed by atoms with E-state index in [0.29, 0.717) is 17.1 Å². The number of unbranched alkanes of at least 4 members (excludes halogenated alkanes) is 1. The third-order valence-corrected chi connectivity index (χ3v) is 3.31. The number of nitrogens with one attached hydrogen (secondary N) is 1. The summed E-state index contributed by atoms with van der Waals surface area (Å²) in [5, 5.41) is 7.20. The van der Waals surface area contributed by atoms with Crippen molar-refractivity contribution in [2.45, 2.75) is 26.3 Å². The highest BCUT2D eigenvalue weighted by Gasteiger charge is 2.16. The van der Waals surface area contributed by atoms with Gasteiger partial charge in [0, 0.05) is 24.3 Å². The molecule has 1 N–H and O–H groups in total. The monoisotopic (exact) mass is 291 g/mol. The van der Waals surface area contributed by atoms with Gasteiger partial charge >= 0.3 is 0 Å². The number of hydrogen-bond donors (Lipinski definition) is 1. The molecule has 0 aliphatic heterocycles. The lowest BCUT2D eigenvalue weighted by Crippen LogP contribution is -2.31. The fourth-order valence-corrected chi connectivity index (χ4v) is 2.22. The van der Waals surface area contributed by atoms with Crippen molar-refractivity contribution in [3.63, 3.8) is 0 Å². The van der Waals surface area contributed by atoms with Gasteiger partial charge in [0.15, 0.2) is 0 Å². The van der Waals surface area contributed by atoms with Crippen LogP contribution in [0.25, 0.3) is 0 Å². The Morgan fingerprint density at radius 2 is 2.30 bits per heavy atom. The first-order chi connectivity index (χ1) is 9.70. The fraction of sp³-hybridized carbons (Fsp3) is 0.333. The van der Waals surface area contributed by atoms with Crippen LogP contribution in [0.15, 0.2) is 36.7 Å². The fourth-order valence-electron chi connectivity index (χ4n) is 2.01. The van der Waals surface area contributed by atoms with E-state index in [1.54, 1.807) is 12.4 Å². The zero-order valence-corrected chi connectivity index (χ0v) is 12.2. The number of carbonyl (C=O) groups is 1. The molecule has 5 heteroatoms. The molecule has 0 aliphatic carbocycles. The Labute approximate surface area is 123 Å². The first kappa shape index (κ1) is 14.6. The average Bonchev–Trinajstić information content (AvgIpc) is 2.97. The summed E-state index contributed by atoms with van der Waals surface area (Å²) in [5.41, 5.74) is 1.62. The van der Waals surface area contributed by atoms with Crippen LogP contribution in [0.3, 0.4) is 0 Å². The SMILES string of the molecule is CCCCN(Cc1cccc(Cl)c1)C(=O)c1cn[nH]c1. The molecular formula is C15H18ClN3O. The third kappa shape index (κ3) is 3.84. The molecule has 106 valence electrons. The summed E-state index contributed by atoms with van der Waals surface area (Å²) in [6.07, 6.45) is 5.20. The van der Waals surface area contributed by atoms with Crippen molar-refractivity contribution in [3.8, 4) is 0 Å². The van der Waals surface area contributed by atoms with E-state index >= 15 is 0 Å². The van der Waals surface area contributed by atoms with Crippen molar-refractivity contribution in [1.29, 1.82) is 0 Å². The lowest BCUT2D eigenvalue weighted by atomic mass is 10.2. The Morgan fingerprint density at radius 3 is 2.95 bits per heavy atom. The highest BCUT2D eigenvalue weighted by atomic mass is 35.5. The molecular weight excluding hydrogens is 274 g/mol. The Morgan fingerprint density at radius 1 is 1.45 bits per heavy atom. The number of aromatic nitrogens is 2. The van der Waals surface area contributed by atoms with E-state index in [0.717, 1.165) is 24.9 Å². The van der Waals surface area contributed by atoms with E-state index < -0.39 is 0 Å². The van der Waals surface area contributed by atoms with E-state index in [1.165, 1.54) is 0 Å². The zero-order chi connectivity index (χ0) is 14.4. The van der Waals surface area contributed by atoms with Gasteiger partial charge in [0.2, 0.25) is 0 Å². The van der Waals surface area contributed by atoms with Crippen molar-refractivity contribution in [2.75, 3.05) is 6.54 Å². The molecule has 0 saturated carbocycles. The number of amides is 1. The van der Waals surface area contributed by atoms with Crippen molar-refractivity contribution in [3.05, 3.63) is 52.8 Å². The molecule has 0 radical (unpaired) electrons. The minimum atomic E-state index is -0.00724. The number of rotatable bonds is 6. The first-order valence-corrected chi connectivity index (χ1v) is 7.11. The summed E-state index contributed by atoms with van der Waals surface area (Å²) in [6.45, 7) is 3.40. The molecule has 0 spiro atoms. The second-order valence-electron chi connectivity index (χ2n) is 4.70. The number of aromatic amines is 1. The van der Waals surface area contributed by atoms with Crippen LogP contribution < -0.4 is 0 Å². The van der Waals surface area contributed by atoms with E-state index in [9.17, 15) is 4.79 Å². The molecule has 2 aromatic rings. The molecule has 0 atom stereocenters. The molecule has 1 aromatic heterocycles. The highest BCUT2D eigenvalue weighted by Crippen LogP contribution is 2.15. The van der Waals surface area contributed by atoms with E-state index in [1.807, 2.05) is 29.2 Å². The van der Waals surface area contributed by atoms with Crippen LogP contribution in [-0.4, -0.2) is 27.5 Å². The molecule has 4 nitrogen and oxygen atoms in total. The van der Waals surface area contributed by atoms with Crippen LogP contribution >= 0.6 is 11.6 Å². The summed E-state index contributed by atoms with van der Waals surface area (Å²) >= 11 is 5.99. The van der Waals surface area contributed by atoms with Crippen molar-refractivity contribution >= 4 is 17.5 Å². The van der Waals surface area contributed by atoms with Gasteiger partial charge < -0.3 is 4.90 Å². The van der Waals surface area contributed by atoms with Gasteiger partial charge in [-0.2, -0.15) is 5.10 Å². The van der Waals surface area contributed by atoms with Gasteiger partial charge in [0.25, 0.3) is 5.91 Å². The summed E-state index contributed by atoms with van der Waals surface area (Å²) in [7, 11) is 0. The van der Waals surface area contributed by atoms with Crippen molar-refractivity contribution in [2.24, 2.45) is 0 Å². The largest absolute Gasteiger partial charge is 0.334 e. The van der Waals surface area contributed by atoms with Crippen LogP contribution in [0.5, 0.6) is 0 Å². The topological polar surface area (TPSA) is 49.0 Å². The van der Waals surface area contributed by atoms with Crippen LogP contribution in [0.1, 0.15) is 35.7 Å². The summed E-state index contributed by atoms with van der Waals surface area (Å²) in [5.74, 6) is -0.00724. The maximum atomic E-state index is 12.4. The smallest absolute Gasteiger partial charge is 0.257 e. The molecule has 2 rings (SSSR count). The minimum absolute atomic E-state index is 0.00724. The number of H-pyrrole nitrogens is 1. The predicted molar refractivity (Wildman–Crippen MR) is 79.7 cm³/mol. The second kappa shape index (κ2) is 7.10. The number of hydrogen-bond acceptors (Lipinski definition) is 2. The standard InChI is InChI=1S/C15H18ClN3O/c1-2-3-7-19(15(20)13-9-17-18-10-13)11-12-5-4-6-14(16)8-12/h4-6,8-10H,2-3,7,11H2,1H3,(H,17,18). The molecule has 1 heterocycles. The summed E-state index contributed by atoms with van der Waals surface area (Å²) in [4.78, 5) is 14.3. The van der Waals surface area contributed by atoms with Crippen LogP contribution in [0.4, 0.5) is 0 Å². The van der Waals surface area contributed by atoms with Gasteiger partial charge in [-0.25, -0.2) is 0 Å². The molecule has 0 fully saturated rings. The van der Waals surface area contributed by atoms with Gasteiger partial charge in [-0.15, -0.1) is 0 Å². The first-order valence-electron chi connectivity index (χ1n) is 6.73. The molecule has 1 aromatic carbocycles. The van der Waals surface area contributed by atoms with Crippen molar-refractivity contribution < 1.29 is 4.79 Å². The summed E-state index contributed by atoms with van der Waals surface area (Å²) in [6, 6.07) is 7.61. The normalized spacial score (nSPS) is 10.5.